The summed E-state index contributed by atoms with van der Waals surface area (Å²) in [7, 11) is 1.62. The summed E-state index contributed by atoms with van der Waals surface area (Å²) in [6, 6.07) is 17.5. The van der Waals surface area contributed by atoms with Crippen molar-refractivity contribution in [2.24, 2.45) is 0 Å². The van der Waals surface area contributed by atoms with Gasteiger partial charge in [0, 0.05) is 37.8 Å². The molecule has 9 nitrogen and oxygen atoms in total. The van der Waals surface area contributed by atoms with Gasteiger partial charge in [0.25, 0.3) is 11.6 Å². The summed E-state index contributed by atoms with van der Waals surface area (Å²) in [5, 5.41) is 19.9. The van der Waals surface area contributed by atoms with Crippen molar-refractivity contribution in [3.05, 3.63) is 76.3 Å². The SMILES string of the molecule is COc1cccc(-c2ccc(N3CCN(C(=O)c4ccccc4[N+](=O)[O-])CC3)nn2)c1. The van der Waals surface area contributed by atoms with E-state index in [0.29, 0.717) is 26.2 Å². The monoisotopic (exact) mass is 419 g/mol. The summed E-state index contributed by atoms with van der Waals surface area (Å²) in [4.78, 5) is 27.2. The molecule has 1 amide bonds. The molecule has 1 aliphatic heterocycles. The van der Waals surface area contributed by atoms with Gasteiger partial charge in [0.2, 0.25) is 0 Å². The maximum absolute atomic E-state index is 12.8. The van der Waals surface area contributed by atoms with E-state index in [2.05, 4.69) is 10.2 Å². The predicted octanol–water partition coefficient (Wildman–Crippen LogP) is 3.02. The molecule has 0 N–H and O–H groups in total. The third-order valence-electron chi connectivity index (χ3n) is 5.24. The highest BCUT2D eigenvalue weighted by Crippen LogP contribution is 2.24. The molecule has 0 saturated carbocycles. The molecule has 2 heterocycles. The zero-order valence-corrected chi connectivity index (χ0v) is 17.0. The van der Waals surface area contributed by atoms with Crippen LogP contribution >= 0.6 is 0 Å². The number of anilines is 1. The van der Waals surface area contributed by atoms with Gasteiger partial charge in [-0.3, -0.25) is 14.9 Å². The fourth-order valence-corrected chi connectivity index (χ4v) is 3.55. The second-order valence-electron chi connectivity index (χ2n) is 7.06. The molecule has 31 heavy (non-hydrogen) atoms. The molecule has 1 saturated heterocycles. The van der Waals surface area contributed by atoms with Gasteiger partial charge in [0.05, 0.1) is 17.7 Å². The number of hydrogen-bond acceptors (Lipinski definition) is 7. The summed E-state index contributed by atoms with van der Waals surface area (Å²) >= 11 is 0. The quantitative estimate of drug-likeness (QED) is 0.463. The molecule has 1 aliphatic rings. The molecule has 3 aromatic rings. The van der Waals surface area contributed by atoms with E-state index in [-0.39, 0.29) is 17.2 Å². The Morgan fingerprint density at radius 2 is 1.77 bits per heavy atom. The molecular formula is C22H21N5O4. The molecule has 158 valence electrons. The van der Waals surface area contributed by atoms with Crippen LogP contribution in [0.2, 0.25) is 0 Å². The number of nitro benzene ring substituents is 1. The van der Waals surface area contributed by atoms with E-state index in [4.69, 9.17) is 4.74 Å². The van der Waals surface area contributed by atoms with E-state index in [0.717, 1.165) is 22.8 Å². The smallest absolute Gasteiger partial charge is 0.282 e. The van der Waals surface area contributed by atoms with Gasteiger partial charge < -0.3 is 14.5 Å². The molecule has 2 aromatic carbocycles. The summed E-state index contributed by atoms with van der Waals surface area (Å²) in [5.74, 6) is 1.15. The molecule has 1 fully saturated rings. The largest absolute Gasteiger partial charge is 0.497 e. The maximum Gasteiger partial charge on any atom is 0.282 e. The Hall–Kier alpha value is -4.01. The van der Waals surface area contributed by atoms with E-state index in [1.807, 2.05) is 41.3 Å². The lowest BCUT2D eigenvalue weighted by atomic mass is 10.1. The Labute approximate surface area is 179 Å². The van der Waals surface area contributed by atoms with Crippen LogP contribution < -0.4 is 9.64 Å². The average molecular weight is 419 g/mol. The van der Waals surface area contributed by atoms with E-state index in [1.165, 1.54) is 12.1 Å². The topological polar surface area (TPSA) is 102 Å². The third-order valence-corrected chi connectivity index (χ3v) is 5.24. The Kier molecular flexibility index (Phi) is 5.74. The van der Waals surface area contributed by atoms with Crippen LogP contribution in [0.4, 0.5) is 11.5 Å². The van der Waals surface area contributed by atoms with Gasteiger partial charge in [0.1, 0.15) is 11.3 Å². The van der Waals surface area contributed by atoms with E-state index < -0.39 is 4.92 Å². The lowest BCUT2D eigenvalue weighted by Crippen LogP contribution is -2.49. The minimum absolute atomic E-state index is 0.114. The van der Waals surface area contributed by atoms with Gasteiger partial charge in [-0.05, 0) is 30.3 Å². The Balaban J connectivity index is 1.42. The Morgan fingerprint density at radius 1 is 1.00 bits per heavy atom. The van der Waals surface area contributed by atoms with Crippen LogP contribution in [0.3, 0.4) is 0 Å². The lowest BCUT2D eigenvalue weighted by Gasteiger charge is -2.35. The Morgan fingerprint density at radius 3 is 2.45 bits per heavy atom. The van der Waals surface area contributed by atoms with Crippen LogP contribution in [0.5, 0.6) is 5.75 Å². The van der Waals surface area contributed by atoms with Crippen LogP contribution in [0.15, 0.2) is 60.7 Å². The highest BCUT2D eigenvalue weighted by Gasteiger charge is 2.27. The summed E-state index contributed by atoms with van der Waals surface area (Å²) < 4.78 is 5.25. The van der Waals surface area contributed by atoms with Crippen LogP contribution in [0.25, 0.3) is 11.3 Å². The van der Waals surface area contributed by atoms with Crippen LogP contribution in [0, 0.1) is 10.1 Å². The number of hydrogen-bond donors (Lipinski definition) is 0. The number of piperazine rings is 1. The minimum atomic E-state index is -0.525. The van der Waals surface area contributed by atoms with Gasteiger partial charge >= 0.3 is 0 Å². The van der Waals surface area contributed by atoms with Crippen molar-refractivity contribution in [3.8, 4) is 17.0 Å². The zero-order valence-electron chi connectivity index (χ0n) is 17.0. The average Bonchev–Trinajstić information content (AvgIpc) is 2.84. The highest BCUT2D eigenvalue weighted by atomic mass is 16.6. The van der Waals surface area contributed by atoms with Crippen molar-refractivity contribution >= 4 is 17.4 Å². The zero-order chi connectivity index (χ0) is 21.8. The molecule has 0 atom stereocenters. The van der Waals surface area contributed by atoms with Crippen LogP contribution in [-0.2, 0) is 0 Å². The number of para-hydroxylation sites is 1. The second kappa shape index (κ2) is 8.78. The number of carbonyl (C=O) groups excluding carboxylic acids is 1. The molecule has 0 spiro atoms. The predicted molar refractivity (Wildman–Crippen MR) is 115 cm³/mol. The van der Waals surface area contributed by atoms with Gasteiger partial charge in [-0.2, -0.15) is 0 Å². The third kappa shape index (κ3) is 4.30. The van der Waals surface area contributed by atoms with E-state index >= 15 is 0 Å². The van der Waals surface area contributed by atoms with Gasteiger partial charge in [-0.25, -0.2) is 0 Å². The number of ether oxygens (including phenoxy) is 1. The minimum Gasteiger partial charge on any atom is -0.497 e. The first-order chi connectivity index (χ1) is 15.1. The lowest BCUT2D eigenvalue weighted by molar-refractivity contribution is -0.385. The molecule has 4 rings (SSSR count). The van der Waals surface area contributed by atoms with Gasteiger partial charge in [0.15, 0.2) is 5.82 Å². The second-order valence-corrected chi connectivity index (χ2v) is 7.06. The van der Waals surface area contributed by atoms with Crippen molar-refractivity contribution in [2.45, 2.75) is 0 Å². The first-order valence-corrected chi connectivity index (χ1v) is 9.82. The number of amides is 1. The number of nitrogens with zero attached hydrogens (tertiary/aromatic N) is 5. The first kappa shape index (κ1) is 20.3. The van der Waals surface area contributed by atoms with Crippen molar-refractivity contribution < 1.29 is 14.5 Å². The summed E-state index contributed by atoms with van der Waals surface area (Å²) in [6.07, 6.45) is 0. The van der Waals surface area contributed by atoms with E-state index in [1.54, 1.807) is 24.1 Å². The summed E-state index contributed by atoms with van der Waals surface area (Å²) in [6.45, 7) is 2.04. The number of aromatic nitrogens is 2. The molecule has 0 aliphatic carbocycles. The van der Waals surface area contributed by atoms with Crippen molar-refractivity contribution in [1.29, 1.82) is 0 Å². The van der Waals surface area contributed by atoms with Gasteiger partial charge in [-0.15, -0.1) is 10.2 Å². The number of methoxy groups -OCH3 is 1. The highest BCUT2D eigenvalue weighted by molar-refractivity contribution is 5.98. The fourth-order valence-electron chi connectivity index (χ4n) is 3.55. The molecule has 0 bridgehead atoms. The van der Waals surface area contributed by atoms with Crippen molar-refractivity contribution in [2.75, 3.05) is 38.2 Å². The van der Waals surface area contributed by atoms with Crippen molar-refractivity contribution in [3.63, 3.8) is 0 Å². The first-order valence-electron chi connectivity index (χ1n) is 9.82. The van der Waals surface area contributed by atoms with Crippen LogP contribution in [0.1, 0.15) is 10.4 Å². The fraction of sp³-hybridized carbons (Fsp3) is 0.227. The number of nitro groups is 1. The molecule has 0 radical (unpaired) electrons. The number of rotatable bonds is 5. The number of carbonyl (C=O) groups is 1. The Bertz CT molecular complexity index is 1100. The molecule has 9 heteroatoms. The van der Waals surface area contributed by atoms with Crippen molar-refractivity contribution in [1.82, 2.24) is 15.1 Å². The van der Waals surface area contributed by atoms with Crippen LogP contribution in [-0.4, -0.2) is 59.2 Å². The summed E-state index contributed by atoms with van der Waals surface area (Å²) in [5.41, 5.74) is 1.60. The standard InChI is InChI=1S/C22H21N5O4/c1-31-17-6-4-5-16(15-17)19-9-10-21(24-23-19)25-11-13-26(14-12-25)22(28)18-7-2-3-8-20(18)27(29)30/h2-10,15H,11-14H2,1H3. The number of benzene rings is 2. The molecule has 0 unspecified atom stereocenters. The van der Waals surface area contributed by atoms with Gasteiger partial charge in [-0.1, -0.05) is 24.3 Å². The normalized spacial score (nSPS) is 13.7. The maximum atomic E-state index is 12.8. The van der Waals surface area contributed by atoms with E-state index in [9.17, 15) is 14.9 Å². The molecule has 1 aromatic heterocycles. The molecular weight excluding hydrogens is 398 g/mol.